The van der Waals surface area contributed by atoms with Crippen molar-refractivity contribution in [2.45, 2.75) is 20.8 Å². The SMILES string of the molecule is CC.CCCl. The van der Waals surface area contributed by atoms with E-state index in [9.17, 15) is 0 Å². The molecular formula is C4H11Cl. The first-order valence-electron chi connectivity index (χ1n) is 1.97. The van der Waals surface area contributed by atoms with E-state index >= 15 is 0 Å². The molecule has 0 aliphatic heterocycles. The van der Waals surface area contributed by atoms with Crippen molar-refractivity contribution in [2.75, 3.05) is 5.88 Å². The van der Waals surface area contributed by atoms with Crippen LogP contribution in [-0.2, 0) is 0 Å². The zero-order valence-electron chi connectivity index (χ0n) is 4.09. The van der Waals surface area contributed by atoms with Gasteiger partial charge < -0.3 is 0 Å². The number of hydrogen-bond donors (Lipinski definition) is 0. The summed E-state index contributed by atoms with van der Waals surface area (Å²) in [6.45, 7) is 5.89. The first-order chi connectivity index (χ1) is 2.41. The summed E-state index contributed by atoms with van der Waals surface area (Å²) in [6, 6.07) is 0. The van der Waals surface area contributed by atoms with Gasteiger partial charge in [-0.1, -0.05) is 20.8 Å². The molecule has 0 nitrogen and oxygen atoms in total. The molecule has 0 heterocycles. The molecule has 0 saturated carbocycles. The summed E-state index contributed by atoms with van der Waals surface area (Å²) < 4.78 is 0. The standard InChI is InChI=1S/C2H5Cl.C2H6/c1-2-3;1-2/h2H2,1H3;1-2H3. The van der Waals surface area contributed by atoms with E-state index in [0.717, 1.165) is 5.88 Å². The molecule has 0 aromatic rings. The van der Waals surface area contributed by atoms with E-state index in [4.69, 9.17) is 11.6 Å². The van der Waals surface area contributed by atoms with Crippen molar-refractivity contribution in [3.63, 3.8) is 0 Å². The van der Waals surface area contributed by atoms with Crippen LogP contribution in [0, 0.1) is 0 Å². The lowest BCUT2D eigenvalue weighted by Crippen LogP contribution is -1.36. The third-order valence-electron chi connectivity index (χ3n) is 0. The summed E-state index contributed by atoms with van der Waals surface area (Å²) in [7, 11) is 0. The van der Waals surface area contributed by atoms with E-state index in [1.165, 1.54) is 0 Å². The van der Waals surface area contributed by atoms with Crippen molar-refractivity contribution >= 4 is 11.6 Å². The van der Waals surface area contributed by atoms with Crippen molar-refractivity contribution < 1.29 is 0 Å². The fourth-order valence-corrected chi connectivity index (χ4v) is 0. The lowest BCUT2D eigenvalue weighted by molar-refractivity contribution is 1.50. The van der Waals surface area contributed by atoms with Gasteiger partial charge in [0.2, 0.25) is 0 Å². The summed E-state index contributed by atoms with van der Waals surface area (Å²) in [5.41, 5.74) is 0. The van der Waals surface area contributed by atoms with Crippen LogP contribution >= 0.6 is 11.6 Å². The molecule has 0 unspecified atom stereocenters. The molecule has 0 rings (SSSR count). The van der Waals surface area contributed by atoms with Gasteiger partial charge in [0.25, 0.3) is 0 Å². The minimum Gasteiger partial charge on any atom is -0.127 e. The number of halogens is 1. The second-order valence-electron chi connectivity index (χ2n) is 0.267. The van der Waals surface area contributed by atoms with Gasteiger partial charge in [0.05, 0.1) is 0 Å². The van der Waals surface area contributed by atoms with Gasteiger partial charge >= 0.3 is 0 Å². The monoisotopic (exact) mass is 94.1 g/mol. The maximum atomic E-state index is 5.00. The molecule has 0 aliphatic carbocycles. The van der Waals surface area contributed by atoms with E-state index in [1.807, 2.05) is 20.8 Å². The van der Waals surface area contributed by atoms with Crippen molar-refractivity contribution in [3.05, 3.63) is 0 Å². The third kappa shape index (κ3) is 268. The molecular weight excluding hydrogens is 83.5 g/mol. The lowest BCUT2D eigenvalue weighted by atomic mass is 11.0. The Morgan fingerprint density at radius 3 is 1.40 bits per heavy atom. The van der Waals surface area contributed by atoms with E-state index in [1.54, 1.807) is 0 Å². The molecule has 0 aromatic carbocycles. The Hall–Kier alpha value is 0.290. The van der Waals surface area contributed by atoms with Crippen LogP contribution in [0.1, 0.15) is 20.8 Å². The van der Waals surface area contributed by atoms with Crippen molar-refractivity contribution in [2.24, 2.45) is 0 Å². The maximum absolute atomic E-state index is 5.00. The van der Waals surface area contributed by atoms with Gasteiger partial charge in [-0.15, -0.1) is 11.6 Å². The second-order valence-corrected chi connectivity index (χ2v) is 0.802. The van der Waals surface area contributed by atoms with Crippen LogP contribution in [-0.4, -0.2) is 5.88 Å². The van der Waals surface area contributed by atoms with Crippen molar-refractivity contribution in [3.8, 4) is 0 Å². The average molecular weight is 94.6 g/mol. The van der Waals surface area contributed by atoms with Gasteiger partial charge in [-0.3, -0.25) is 0 Å². The van der Waals surface area contributed by atoms with Crippen LogP contribution in [0.25, 0.3) is 0 Å². The Morgan fingerprint density at radius 2 is 1.40 bits per heavy atom. The molecule has 0 aromatic heterocycles. The quantitative estimate of drug-likeness (QED) is 0.404. The first-order valence-corrected chi connectivity index (χ1v) is 2.51. The Kier molecular flexibility index (Phi) is 50.2. The zero-order chi connectivity index (χ0) is 4.71. The summed E-state index contributed by atoms with van der Waals surface area (Å²) in [5, 5.41) is 0. The Morgan fingerprint density at radius 1 is 1.40 bits per heavy atom. The molecule has 0 spiro atoms. The van der Waals surface area contributed by atoms with Crippen LogP contribution in [0.3, 0.4) is 0 Å². The first kappa shape index (κ1) is 8.99. The summed E-state index contributed by atoms with van der Waals surface area (Å²) in [4.78, 5) is 0. The van der Waals surface area contributed by atoms with Crippen LogP contribution in [0.4, 0.5) is 0 Å². The Balaban J connectivity index is 0. The molecule has 5 heavy (non-hydrogen) atoms. The Labute approximate surface area is 39.1 Å². The van der Waals surface area contributed by atoms with Crippen LogP contribution in [0.2, 0.25) is 0 Å². The van der Waals surface area contributed by atoms with E-state index in [0.29, 0.717) is 0 Å². The summed E-state index contributed by atoms with van der Waals surface area (Å²) in [6.07, 6.45) is 0. The highest BCUT2D eigenvalue weighted by molar-refractivity contribution is 6.17. The van der Waals surface area contributed by atoms with Crippen molar-refractivity contribution in [1.82, 2.24) is 0 Å². The van der Waals surface area contributed by atoms with E-state index in [2.05, 4.69) is 0 Å². The van der Waals surface area contributed by atoms with Gasteiger partial charge in [0.15, 0.2) is 0 Å². The van der Waals surface area contributed by atoms with Gasteiger partial charge in [0.1, 0.15) is 0 Å². The highest BCUT2D eigenvalue weighted by Crippen LogP contribution is 1.59. The summed E-state index contributed by atoms with van der Waals surface area (Å²) >= 11 is 5.00. The predicted molar refractivity (Wildman–Crippen MR) is 27.7 cm³/mol. The highest BCUT2D eigenvalue weighted by Gasteiger charge is 1.38. The fourth-order valence-electron chi connectivity index (χ4n) is 0. The molecule has 1 heteroatoms. The predicted octanol–water partition coefficient (Wildman–Crippen LogP) is 2.27. The number of alkyl halides is 1. The topological polar surface area (TPSA) is 0 Å². The highest BCUT2D eigenvalue weighted by atomic mass is 35.5. The molecule has 0 bridgehead atoms. The lowest BCUT2D eigenvalue weighted by Gasteiger charge is -1.45. The second kappa shape index (κ2) is 27.9. The molecule has 0 saturated heterocycles. The average Bonchev–Trinajstić information content (AvgIpc) is 1.46. The molecule has 0 aliphatic rings. The smallest absolute Gasteiger partial charge is 0.0195 e. The summed E-state index contributed by atoms with van der Waals surface area (Å²) in [5.74, 6) is 0.722. The molecule has 0 amide bonds. The molecule has 0 atom stereocenters. The van der Waals surface area contributed by atoms with Crippen molar-refractivity contribution in [1.29, 1.82) is 0 Å². The number of hydrogen-bond acceptors (Lipinski definition) is 0. The molecule has 34 valence electrons. The number of rotatable bonds is 0. The van der Waals surface area contributed by atoms with Gasteiger partial charge in [-0.05, 0) is 0 Å². The third-order valence-corrected chi connectivity index (χ3v) is 0. The van der Waals surface area contributed by atoms with Crippen LogP contribution in [0.15, 0.2) is 0 Å². The largest absolute Gasteiger partial charge is 0.127 e. The van der Waals surface area contributed by atoms with Gasteiger partial charge in [0, 0.05) is 5.88 Å². The van der Waals surface area contributed by atoms with Gasteiger partial charge in [-0.25, -0.2) is 0 Å². The van der Waals surface area contributed by atoms with E-state index in [-0.39, 0.29) is 0 Å². The minimum atomic E-state index is 0.722. The van der Waals surface area contributed by atoms with Crippen LogP contribution < -0.4 is 0 Å². The molecule has 0 N–H and O–H groups in total. The zero-order valence-corrected chi connectivity index (χ0v) is 4.84. The molecule has 0 radical (unpaired) electrons. The Bertz CT molecular complexity index is 3.61. The van der Waals surface area contributed by atoms with Crippen LogP contribution in [0.5, 0.6) is 0 Å². The normalized spacial score (nSPS) is 4.80. The fraction of sp³-hybridized carbons (Fsp3) is 1.00. The maximum Gasteiger partial charge on any atom is 0.0195 e. The van der Waals surface area contributed by atoms with Gasteiger partial charge in [-0.2, -0.15) is 0 Å². The minimum absolute atomic E-state index is 0.722. The van der Waals surface area contributed by atoms with E-state index < -0.39 is 0 Å². The molecule has 0 fully saturated rings.